The molecule has 6 nitrogen and oxygen atoms in total. The van der Waals surface area contributed by atoms with Gasteiger partial charge in [-0.05, 0) is 48.8 Å². The molecule has 2 aliphatic rings. The molecule has 1 saturated carbocycles. The standard InChI is InChI=1S/C22H36N4O2S/c1-22(2,3)17-5-9-20(10-6-17)29(27,28)16-13-24-21(23-4)25-18-11-14-26(15-12-18)19-7-8-19/h5-6,9-10,18-19H,7-8,11-16H2,1-4H3,(H2,23,24,25). The molecule has 1 aromatic rings. The van der Waals surface area contributed by atoms with Gasteiger partial charge in [0.25, 0.3) is 0 Å². The number of aliphatic imine (C=N–C) groups is 1. The average molecular weight is 421 g/mol. The lowest BCUT2D eigenvalue weighted by atomic mass is 9.87. The van der Waals surface area contributed by atoms with Gasteiger partial charge in [0.15, 0.2) is 15.8 Å². The van der Waals surface area contributed by atoms with E-state index >= 15 is 0 Å². The lowest BCUT2D eigenvalue weighted by Gasteiger charge is -2.33. The van der Waals surface area contributed by atoms with Gasteiger partial charge in [0.1, 0.15) is 0 Å². The molecule has 0 unspecified atom stereocenters. The summed E-state index contributed by atoms with van der Waals surface area (Å²) in [6, 6.07) is 8.49. The van der Waals surface area contributed by atoms with Gasteiger partial charge in [0.2, 0.25) is 0 Å². The van der Waals surface area contributed by atoms with Crippen LogP contribution < -0.4 is 10.6 Å². The Bertz CT molecular complexity index is 800. The second-order valence-electron chi connectivity index (χ2n) is 9.28. The molecule has 0 radical (unpaired) electrons. The van der Waals surface area contributed by atoms with Gasteiger partial charge in [0.05, 0.1) is 10.6 Å². The molecule has 1 saturated heterocycles. The number of nitrogens with one attached hydrogen (secondary N) is 2. The van der Waals surface area contributed by atoms with Crippen LogP contribution in [-0.4, -0.2) is 63.8 Å². The average Bonchev–Trinajstić information content (AvgIpc) is 3.52. The summed E-state index contributed by atoms with van der Waals surface area (Å²) in [5.41, 5.74) is 1.14. The van der Waals surface area contributed by atoms with Crippen LogP contribution in [0.3, 0.4) is 0 Å². The smallest absolute Gasteiger partial charge is 0.191 e. The van der Waals surface area contributed by atoms with Crippen molar-refractivity contribution in [3.8, 4) is 0 Å². The molecular formula is C22H36N4O2S. The van der Waals surface area contributed by atoms with E-state index in [-0.39, 0.29) is 11.2 Å². The van der Waals surface area contributed by atoms with E-state index in [2.05, 4.69) is 41.3 Å². The molecule has 0 atom stereocenters. The number of nitrogens with zero attached hydrogens (tertiary/aromatic N) is 2. The lowest BCUT2D eigenvalue weighted by molar-refractivity contribution is 0.197. The zero-order valence-electron chi connectivity index (χ0n) is 18.2. The summed E-state index contributed by atoms with van der Waals surface area (Å²) in [7, 11) is -1.59. The number of benzene rings is 1. The first kappa shape index (κ1) is 22.1. The predicted octanol–water partition coefficient (Wildman–Crippen LogP) is 2.55. The van der Waals surface area contributed by atoms with Crippen LogP contribution in [0.1, 0.15) is 52.0 Å². The first-order valence-corrected chi connectivity index (χ1v) is 12.4. The summed E-state index contributed by atoms with van der Waals surface area (Å²) in [4.78, 5) is 7.23. The van der Waals surface area contributed by atoms with Crippen LogP contribution in [0.5, 0.6) is 0 Å². The van der Waals surface area contributed by atoms with Crippen LogP contribution >= 0.6 is 0 Å². The molecular weight excluding hydrogens is 384 g/mol. The Hall–Kier alpha value is -1.60. The molecule has 1 aromatic carbocycles. The first-order chi connectivity index (χ1) is 13.7. The normalized spacial score (nSPS) is 19.9. The minimum atomic E-state index is -3.32. The molecule has 0 aromatic heterocycles. The molecule has 29 heavy (non-hydrogen) atoms. The summed E-state index contributed by atoms with van der Waals surface area (Å²) in [6.07, 6.45) is 4.93. The summed E-state index contributed by atoms with van der Waals surface area (Å²) in [6.45, 7) is 8.97. The summed E-state index contributed by atoms with van der Waals surface area (Å²) in [5.74, 6) is 0.732. The van der Waals surface area contributed by atoms with Crippen molar-refractivity contribution >= 4 is 15.8 Å². The van der Waals surface area contributed by atoms with E-state index in [9.17, 15) is 8.42 Å². The van der Waals surface area contributed by atoms with Crippen molar-refractivity contribution in [1.29, 1.82) is 0 Å². The third-order valence-electron chi connectivity index (χ3n) is 5.90. The van der Waals surface area contributed by atoms with Gasteiger partial charge in [-0.15, -0.1) is 0 Å². The van der Waals surface area contributed by atoms with Crippen molar-refractivity contribution in [2.24, 2.45) is 4.99 Å². The number of likely N-dealkylation sites (tertiary alicyclic amines) is 1. The summed E-state index contributed by atoms with van der Waals surface area (Å²) < 4.78 is 25.3. The first-order valence-electron chi connectivity index (χ1n) is 10.7. The number of guanidine groups is 1. The third-order valence-corrected chi connectivity index (χ3v) is 7.63. The maximum absolute atomic E-state index is 12.7. The molecule has 7 heteroatoms. The van der Waals surface area contributed by atoms with Crippen LogP contribution in [0.25, 0.3) is 0 Å². The van der Waals surface area contributed by atoms with Crippen LogP contribution in [0.4, 0.5) is 0 Å². The van der Waals surface area contributed by atoms with Crippen molar-refractivity contribution in [1.82, 2.24) is 15.5 Å². The monoisotopic (exact) mass is 420 g/mol. The molecule has 162 valence electrons. The highest BCUT2D eigenvalue weighted by Gasteiger charge is 2.31. The van der Waals surface area contributed by atoms with Crippen LogP contribution in [0.2, 0.25) is 0 Å². The topological polar surface area (TPSA) is 73.8 Å². The molecule has 2 N–H and O–H groups in total. The van der Waals surface area contributed by atoms with E-state index in [4.69, 9.17) is 0 Å². The largest absolute Gasteiger partial charge is 0.355 e. The van der Waals surface area contributed by atoms with Gasteiger partial charge < -0.3 is 15.5 Å². The highest BCUT2D eigenvalue weighted by Crippen LogP contribution is 2.29. The van der Waals surface area contributed by atoms with Crippen LogP contribution in [0, 0.1) is 0 Å². The SMILES string of the molecule is CN=C(NCCS(=O)(=O)c1ccc(C(C)(C)C)cc1)NC1CCN(C2CC2)CC1. The number of piperidine rings is 1. The van der Waals surface area contributed by atoms with E-state index in [0.29, 0.717) is 23.4 Å². The summed E-state index contributed by atoms with van der Waals surface area (Å²) >= 11 is 0. The van der Waals surface area contributed by atoms with E-state index in [1.165, 1.54) is 12.8 Å². The van der Waals surface area contributed by atoms with Gasteiger partial charge >= 0.3 is 0 Å². The Morgan fingerprint density at radius 1 is 1.10 bits per heavy atom. The minimum absolute atomic E-state index is 0.0107. The molecule has 0 spiro atoms. The molecule has 1 aliphatic carbocycles. The number of rotatable bonds is 6. The van der Waals surface area contributed by atoms with Gasteiger partial charge in [-0.1, -0.05) is 32.9 Å². The van der Waals surface area contributed by atoms with Crippen molar-refractivity contribution < 1.29 is 8.42 Å². The van der Waals surface area contributed by atoms with Crippen LogP contribution in [0.15, 0.2) is 34.2 Å². The molecule has 1 aliphatic heterocycles. The zero-order chi connectivity index (χ0) is 21.1. The second kappa shape index (κ2) is 9.04. The fourth-order valence-electron chi connectivity index (χ4n) is 3.82. The number of sulfone groups is 1. The third kappa shape index (κ3) is 6.19. The quantitative estimate of drug-likeness (QED) is 0.547. The van der Waals surface area contributed by atoms with Crippen molar-refractivity contribution in [2.75, 3.05) is 32.4 Å². The van der Waals surface area contributed by atoms with E-state index in [1.807, 2.05) is 12.1 Å². The highest BCUT2D eigenvalue weighted by molar-refractivity contribution is 7.91. The molecule has 3 rings (SSSR count). The van der Waals surface area contributed by atoms with Crippen molar-refractivity contribution in [3.63, 3.8) is 0 Å². The fraction of sp³-hybridized carbons (Fsp3) is 0.682. The van der Waals surface area contributed by atoms with Gasteiger partial charge in [-0.25, -0.2) is 8.42 Å². The molecule has 0 amide bonds. The maximum Gasteiger partial charge on any atom is 0.191 e. The zero-order valence-corrected chi connectivity index (χ0v) is 19.1. The number of hydrogen-bond acceptors (Lipinski definition) is 4. The highest BCUT2D eigenvalue weighted by atomic mass is 32.2. The van der Waals surface area contributed by atoms with Crippen LogP contribution in [-0.2, 0) is 15.3 Å². The Morgan fingerprint density at radius 2 is 1.72 bits per heavy atom. The minimum Gasteiger partial charge on any atom is -0.355 e. The maximum atomic E-state index is 12.7. The van der Waals surface area contributed by atoms with Gasteiger partial charge in [-0.3, -0.25) is 4.99 Å². The summed E-state index contributed by atoms with van der Waals surface area (Å²) in [5, 5.41) is 6.62. The van der Waals surface area contributed by atoms with E-state index in [1.54, 1.807) is 19.2 Å². The lowest BCUT2D eigenvalue weighted by Crippen LogP contribution is -2.49. The molecule has 1 heterocycles. The Kier molecular flexibility index (Phi) is 6.89. The van der Waals surface area contributed by atoms with Gasteiger partial charge in [-0.2, -0.15) is 0 Å². The Balaban J connectivity index is 1.46. The van der Waals surface area contributed by atoms with Crippen molar-refractivity contribution in [2.45, 2.75) is 68.8 Å². The van der Waals surface area contributed by atoms with Gasteiger partial charge in [0, 0.05) is 38.8 Å². The Labute approximate surface area is 176 Å². The van der Waals surface area contributed by atoms with Crippen molar-refractivity contribution in [3.05, 3.63) is 29.8 Å². The Morgan fingerprint density at radius 3 is 2.24 bits per heavy atom. The fourth-order valence-corrected chi connectivity index (χ4v) is 4.98. The molecule has 0 bridgehead atoms. The molecule has 2 fully saturated rings. The van der Waals surface area contributed by atoms with E-state index in [0.717, 1.165) is 37.5 Å². The predicted molar refractivity (Wildman–Crippen MR) is 119 cm³/mol. The van der Waals surface area contributed by atoms with E-state index < -0.39 is 9.84 Å². The number of hydrogen-bond donors (Lipinski definition) is 2. The second-order valence-corrected chi connectivity index (χ2v) is 11.4.